The summed E-state index contributed by atoms with van der Waals surface area (Å²) in [6.07, 6.45) is 4.75. The summed E-state index contributed by atoms with van der Waals surface area (Å²) in [4.78, 5) is 20.6. The fourth-order valence-corrected chi connectivity index (χ4v) is 2.84. The number of aryl methyl sites for hydroxylation is 1. The molecule has 2 aliphatic rings. The van der Waals surface area contributed by atoms with Crippen LogP contribution in [0.2, 0.25) is 0 Å². The summed E-state index contributed by atoms with van der Waals surface area (Å²) >= 11 is 0. The van der Waals surface area contributed by atoms with Crippen molar-refractivity contribution in [1.29, 1.82) is 0 Å². The highest BCUT2D eigenvalue weighted by Gasteiger charge is 2.46. The fourth-order valence-electron chi connectivity index (χ4n) is 2.84. The van der Waals surface area contributed by atoms with Crippen molar-refractivity contribution in [2.45, 2.75) is 26.3 Å². The van der Waals surface area contributed by atoms with E-state index in [1.807, 2.05) is 18.1 Å². The highest BCUT2D eigenvalue weighted by atomic mass is 16.2. The molecule has 2 heterocycles. The van der Waals surface area contributed by atoms with Crippen LogP contribution in [0.15, 0.2) is 17.4 Å². The molecule has 1 amide bonds. The van der Waals surface area contributed by atoms with Crippen molar-refractivity contribution < 1.29 is 4.79 Å². The van der Waals surface area contributed by atoms with Crippen LogP contribution < -0.4 is 10.2 Å². The summed E-state index contributed by atoms with van der Waals surface area (Å²) in [6, 6.07) is 0.456. The Morgan fingerprint density at radius 1 is 1.45 bits per heavy atom. The van der Waals surface area contributed by atoms with Gasteiger partial charge in [-0.25, -0.2) is 0 Å². The third-order valence-corrected chi connectivity index (χ3v) is 4.55. The van der Waals surface area contributed by atoms with Gasteiger partial charge >= 0.3 is 0 Å². The zero-order valence-corrected chi connectivity index (χ0v) is 13.7. The number of piperazine rings is 1. The van der Waals surface area contributed by atoms with Crippen molar-refractivity contribution in [2.75, 3.05) is 31.6 Å². The molecule has 22 heavy (non-hydrogen) atoms. The van der Waals surface area contributed by atoms with Crippen LogP contribution in [0.25, 0.3) is 0 Å². The van der Waals surface area contributed by atoms with Crippen molar-refractivity contribution in [1.82, 2.24) is 20.0 Å². The van der Waals surface area contributed by atoms with Crippen molar-refractivity contribution in [2.24, 2.45) is 17.5 Å². The Balaban J connectivity index is 1.63. The number of aromatic nitrogens is 2. The molecule has 1 atom stereocenters. The Bertz CT molecular complexity index is 605. The molecule has 0 aromatic carbocycles. The van der Waals surface area contributed by atoms with E-state index in [1.54, 1.807) is 22.8 Å². The van der Waals surface area contributed by atoms with E-state index in [9.17, 15) is 4.79 Å². The maximum atomic E-state index is 12.4. The SMILES string of the molecule is CN=C(NC1CC1(C)C)N1CCN(c2cnn(C)c2)C(=O)C1. The minimum Gasteiger partial charge on any atom is -0.353 e. The van der Waals surface area contributed by atoms with E-state index in [0.717, 1.165) is 24.6 Å². The maximum Gasteiger partial charge on any atom is 0.246 e. The summed E-state index contributed by atoms with van der Waals surface area (Å²) in [5.74, 6) is 0.909. The van der Waals surface area contributed by atoms with Gasteiger partial charge in [0, 0.05) is 39.4 Å². The molecule has 1 unspecified atom stereocenters. The van der Waals surface area contributed by atoms with Crippen molar-refractivity contribution in [3.05, 3.63) is 12.4 Å². The zero-order valence-electron chi connectivity index (χ0n) is 13.7. The normalized spacial score (nSPS) is 24.6. The number of carbonyl (C=O) groups is 1. The van der Waals surface area contributed by atoms with E-state index in [0.29, 0.717) is 24.5 Å². The molecule has 0 spiro atoms. The summed E-state index contributed by atoms with van der Waals surface area (Å²) in [6.45, 7) is 6.25. The predicted molar refractivity (Wildman–Crippen MR) is 85.8 cm³/mol. The van der Waals surface area contributed by atoms with E-state index in [-0.39, 0.29) is 5.91 Å². The number of hydrogen-bond acceptors (Lipinski definition) is 3. The summed E-state index contributed by atoms with van der Waals surface area (Å²) in [5, 5.41) is 7.60. The van der Waals surface area contributed by atoms with E-state index in [2.05, 4.69) is 29.3 Å². The summed E-state index contributed by atoms with van der Waals surface area (Å²) in [7, 11) is 3.63. The Morgan fingerprint density at radius 2 is 2.18 bits per heavy atom. The average molecular weight is 304 g/mol. The largest absolute Gasteiger partial charge is 0.353 e. The molecule has 1 aliphatic heterocycles. The molecule has 0 radical (unpaired) electrons. The molecule has 7 nitrogen and oxygen atoms in total. The number of nitrogens with zero attached hydrogens (tertiary/aromatic N) is 5. The van der Waals surface area contributed by atoms with Crippen LogP contribution >= 0.6 is 0 Å². The number of rotatable bonds is 2. The van der Waals surface area contributed by atoms with Crippen LogP contribution in [0, 0.1) is 5.41 Å². The van der Waals surface area contributed by atoms with Gasteiger partial charge in [-0.2, -0.15) is 5.10 Å². The molecule has 1 aliphatic carbocycles. The number of amides is 1. The first-order chi connectivity index (χ1) is 10.4. The lowest BCUT2D eigenvalue weighted by Gasteiger charge is -2.35. The standard InChI is InChI=1S/C15H24N6O/c1-15(2)7-12(15)18-14(16-3)20-5-6-21(13(22)10-20)11-8-17-19(4)9-11/h8-9,12H,5-7,10H2,1-4H3,(H,16,18). The molecule has 120 valence electrons. The van der Waals surface area contributed by atoms with Crippen molar-refractivity contribution >= 4 is 17.6 Å². The van der Waals surface area contributed by atoms with Gasteiger partial charge < -0.3 is 15.1 Å². The van der Waals surface area contributed by atoms with Crippen LogP contribution in [-0.4, -0.2) is 59.3 Å². The Morgan fingerprint density at radius 3 is 2.68 bits per heavy atom. The quantitative estimate of drug-likeness (QED) is 0.636. The first kappa shape index (κ1) is 14.9. The highest BCUT2D eigenvalue weighted by molar-refractivity contribution is 5.98. The minimum atomic E-state index is 0.0808. The van der Waals surface area contributed by atoms with Gasteiger partial charge in [-0.3, -0.25) is 14.5 Å². The minimum absolute atomic E-state index is 0.0808. The second-order valence-corrected chi connectivity index (χ2v) is 6.78. The fraction of sp³-hybridized carbons (Fsp3) is 0.667. The van der Waals surface area contributed by atoms with Crippen molar-refractivity contribution in [3.63, 3.8) is 0 Å². The third-order valence-electron chi connectivity index (χ3n) is 4.55. The highest BCUT2D eigenvalue weighted by Crippen LogP contribution is 2.44. The second kappa shape index (κ2) is 5.30. The van der Waals surface area contributed by atoms with Crippen molar-refractivity contribution in [3.8, 4) is 0 Å². The van der Waals surface area contributed by atoms with Gasteiger partial charge in [0.05, 0.1) is 11.9 Å². The lowest BCUT2D eigenvalue weighted by atomic mass is 10.2. The lowest BCUT2D eigenvalue weighted by Crippen LogP contribution is -2.55. The second-order valence-electron chi connectivity index (χ2n) is 6.78. The molecule has 1 aromatic rings. The molecular weight excluding hydrogens is 280 g/mol. The molecule has 7 heteroatoms. The Kier molecular flexibility index (Phi) is 3.58. The molecular formula is C15H24N6O. The first-order valence-corrected chi connectivity index (χ1v) is 7.68. The molecule has 3 rings (SSSR count). The molecule has 0 bridgehead atoms. The van der Waals surface area contributed by atoms with Crippen LogP contribution in [0.3, 0.4) is 0 Å². The average Bonchev–Trinajstić information content (AvgIpc) is 2.85. The van der Waals surface area contributed by atoms with E-state index < -0.39 is 0 Å². The Hall–Kier alpha value is -2.05. The molecule has 1 aromatic heterocycles. The number of aliphatic imine (C=N–C) groups is 1. The molecule has 1 N–H and O–H groups in total. The predicted octanol–water partition coefficient (Wildman–Crippen LogP) is 0.443. The van der Waals surface area contributed by atoms with Gasteiger partial charge in [-0.1, -0.05) is 13.8 Å². The van der Waals surface area contributed by atoms with Gasteiger partial charge in [0.25, 0.3) is 0 Å². The van der Waals surface area contributed by atoms with E-state index in [1.165, 1.54) is 0 Å². The zero-order chi connectivity index (χ0) is 15.9. The first-order valence-electron chi connectivity index (χ1n) is 7.68. The van der Waals surface area contributed by atoms with Crippen LogP contribution in [0.1, 0.15) is 20.3 Å². The van der Waals surface area contributed by atoms with Gasteiger partial charge in [0.1, 0.15) is 6.54 Å². The van der Waals surface area contributed by atoms with Crippen LogP contribution in [0.5, 0.6) is 0 Å². The third kappa shape index (κ3) is 2.80. The number of guanidine groups is 1. The number of carbonyl (C=O) groups excluding carboxylic acids is 1. The summed E-state index contributed by atoms with van der Waals surface area (Å²) < 4.78 is 1.71. The number of hydrogen-bond donors (Lipinski definition) is 1. The molecule has 2 fully saturated rings. The smallest absolute Gasteiger partial charge is 0.246 e. The maximum absolute atomic E-state index is 12.4. The number of anilines is 1. The van der Waals surface area contributed by atoms with E-state index in [4.69, 9.17) is 0 Å². The van der Waals surface area contributed by atoms with Crippen LogP contribution in [0.4, 0.5) is 5.69 Å². The van der Waals surface area contributed by atoms with Crippen LogP contribution in [-0.2, 0) is 11.8 Å². The number of nitrogens with one attached hydrogen (secondary N) is 1. The van der Waals surface area contributed by atoms with Gasteiger partial charge in [0.15, 0.2) is 5.96 Å². The lowest BCUT2D eigenvalue weighted by molar-refractivity contribution is -0.120. The topological polar surface area (TPSA) is 65.8 Å². The van der Waals surface area contributed by atoms with Gasteiger partial charge in [0.2, 0.25) is 5.91 Å². The summed E-state index contributed by atoms with van der Waals surface area (Å²) in [5.41, 5.74) is 1.19. The van der Waals surface area contributed by atoms with Gasteiger partial charge in [-0.05, 0) is 11.8 Å². The molecule has 1 saturated carbocycles. The monoisotopic (exact) mass is 304 g/mol. The van der Waals surface area contributed by atoms with E-state index >= 15 is 0 Å². The molecule has 1 saturated heterocycles. The van der Waals surface area contributed by atoms with Gasteiger partial charge in [-0.15, -0.1) is 0 Å². The Labute approximate surface area is 131 Å².